The van der Waals surface area contributed by atoms with Gasteiger partial charge in [0.2, 0.25) is 9.84 Å². The molecule has 2 rings (SSSR count). The summed E-state index contributed by atoms with van der Waals surface area (Å²) < 4.78 is 24.6. The van der Waals surface area contributed by atoms with Crippen LogP contribution in [0, 0.1) is 5.92 Å². The molecule has 0 heterocycles. The van der Waals surface area contributed by atoms with Crippen molar-refractivity contribution in [1.82, 2.24) is 0 Å². The van der Waals surface area contributed by atoms with Crippen LogP contribution in [0.15, 0.2) is 70.5 Å². The molecule has 0 amide bonds. The van der Waals surface area contributed by atoms with Crippen molar-refractivity contribution in [1.29, 1.82) is 0 Å². The average molecular weight is 246 g/mol. The summed E-state index contributed by atoms with van der Waals surface area (Å²) in [6.45, 7) is 2.01. The maximum atomic E-state index is 12.3. The minimum Gasteiger partial charge on any atom is -0.219 e. The fourth-order valence-corrected chi connectivity index (χ4v) is 2.91. The Hall–Kier alpha value is -1.61. The van der Waals surface area contributed by atoms with E-state index >= 15 is 0 Å². The first-order valence-electron chi connectivity index (χ1n) is 5.47. The Morgan fingerprint density at radius 2 is 1.76 bits per heavy atom. The van der Waals surface area contributed by atoms with E-state index in [1.807, 2.05) is 19.1 Å². The van der Waals surface area contributed by atoms with E-state index in [1.165, 1.54) is 0 Å². The smallest absolute Gasteiger partial charge is 0.206 e. The Balaban J connectivity index is 2.45. The van der Waals surface area contributed by atoms with E-state index in [-0.39, 0.29) is 5.92 Å². The van der Waals surface area contributed by atoms with Gasteiger partial charge in [0, 0.05) is 0 Å². The van der Waals surface area contributed by atoms with Gasteiger partial charge >= 0.3 is 0 Å². The molecule has 0 aromatic heterocycles. The zero-order valence-corrected chi connectivity index (χ0v) is 10.4. The highest BCUT2D eigenvalue weighted by molar-refractivity contribution is 7.95. The molecule has 1 aliphatic carbocycles. The number of benzene rings is 1. The summed E-state index contributed by atoms with van der Waals surface area (Å²) in [5.74, 6) is 0.259. The first-order chi connectivity index (χ1) is 8.10. The second-order valence-corrected chi connectivity index (χ2v) is 5.94. The standard InChI is InChI=1S/C14H14O2S/c1-12-6-5-9-14(11-10-12)17(15,16)13-7-3-2-4-8-13/h2-12H,1H3/t12-/m0/s1. The lowest BCUT2D eigenvalue weighted by molar-refractivity contribution is 0.603. The molecule has 0 bridgehead atoms. The third kappa shape index (κ3) is 2.56. The first kappa shape index (κ1) is 11.9. The van der Waals surface area contributed by atoms with Crippen molar-refractivity contribution in [2.75, 3.05) is 0 Å². The second kappa shape index (κ2) is 4.72. The molecule has 0 N–H and O–H groups in total. The molecule has 17 heavy (non-hydrogen) atoms. The molecule has 0 spiro atoms. The van der Waals surface area contributed by atoms with Crippen molar-refractivity contribution in [3.8, 4) is 0 Å². The summed E-state index contributed by atoms with van der Waals surface area (Å²) in [6, 6.07) is 8.49. The Bertz CT molecular complexity index is 578. The van der Waals surface area contributed by atoms with Gasteiger partial charge in [-0.1, -0.05) is 43.4 Å². The molecule has 0 radical (unpaired) electrons. The number of rotatable bonds is 2. The minimum absolute atomic E-state index is 0.259. The van der Waals surface area contributed by atoms with Gasteiger partial charge in [-0.15, -0.1) is 0 Å². The van der Waals surface area contributed by atoms with Crippen molar-refractivity contribution < 1.29 is 8.42 Å². The summed E-state index contributed by atoms with van der Waals surface area (Å²) in [5, 5.41) is 0. The Kier molecular flexibility index (Phi) is 3.29. The van der Waals surface area contributed by atoms with Gasteiger partial charge in [-0.25, -0.2) is 8.42 Å². The van der Waals surface area contributed by atoms with Crippen LogP contribution in [-0.4, -0.2) is 8.42 Å². The van der Waals surface area contributed by atoms with Crippen LogP contribution < -0.4 is 0 Å². The van der Waals surface area contributed by atoms with Crippen LogP contribution in [0.3, 0.4) is 0 Å². The monoisotopic (exact) mass is 246 g/mol. The molecule has 1 aromatic rings. The zero-order valence-electron chi connectivity index (χ0n) is 9.58. The fraction of sp³-hybridized carbons (Fsp3) is 0.143. The van der Waals surface area contributed by atoms with Crippen molar-refractivity contribution in [3.05, 3.63) is 65.6 Å². The van der Waals surface area contributed by atoms with E-state index in [2.05, 4.69) is 0 Å². The van der Waals surface area contributed by atoms with E-state index in [4.69, 9.17) is 0 Å². The van der Waals surface area contributed by atoms with E-state index in [9.17, 15) is 8.42 Å². The van der Waals surface area contributed by atoms with Gasteiger partial charge in [0.05, 0.1) is 9.80 Å². The lowest BCUT2D eigenvalue weighted by atomic mass is 10.2. The van der Waals surface area contributed by atoms with Crippen LogP contribution in [0.5, 0.6) is 0 Å². The molecule has 3 heteroatoms. The van der Waals surface area contributed by atoms with Crippen LogP contribution in [0.4, 0.5) is 0 Å². The lowest BCUT2D eigenvalue weighted by Crippen LogP contribution is -2.02. The Morgan fingerprint density at radius 3 is 2.47 bits per heavy atom. The molecule has 0 unspecified atom stereocenters. The largest absolute Gasteiger partial charge is 0.219 e. The van der Waals surface area contributed by atoms with E-state index in [0.717, 1.165) is 0 Å². The zero-order chi connectivity index (χ0) is 12.3. The van der Waals surface area contributed by atoms with Gasteiger partial charge < -0.3 is 0 Å². The van der Waals surface area contributed by atoms with Gasteiger partial charge in [0.15, 0.2) is 0 Å². The summed E-state index contributed by atoms with van der Waals surface area (Å²) in [6.07, 6.45) is 8.95. The van der Waals surface area contributed by atoms with Crippen molar-refractivity contribution in [2.45, 2.75) is 11.8 Å². The normalized spacial score (nSPS) is 19.8. The van der Waals surface area contributed by atoms with Gasteiger partial charge in [-0.2, -0.15) is 0 Å². The molecule has 0 fully saturated rings. The van der Waals surface area contributed by atoms with Crippen molar-refractivity contribution >= 4 is 9.84 Å². The molecular weight excluding hydrogens is 232 g/mol. The molecule has 1 aromatic carbocycles. The molecule has 0 saturated heterocycles. The molecule has 2 nitrogen and oxygen atoms in total. The lowest BCUT2D eigenvalue weighted by Gasteiger charge is -2.04. The second-order valence-electron chi connectivity index (χ2n) is 3.99. The Labute approximate surface area is 102 Å². The molecule has 0 saturated carbocycles. The number of hydrogen-bond acceptors (Lipinski definition) is 2. The Morgan fingerprint density at radius 1 is 1.06 bits per heavy atom. The topological polar surface area (TPSA) is 34.1 Å². The summed E-state index contributed by atoms with van der Waals surface area (Å²) in [5.41, 5.74) is 0. The fourth-order valence-electron chi connectivity index (χ4n) is 1.61. The molecule has 88 valence electrons. The first-order valence-corrected chi connectivity index (χ1v) is 6.96. The molecule has 1 atom stereocenters. The van der Waals surface area contributed by atoms with Crippen LogP contribution in [0.2, 0.25) is 0 Å². The predicted octanol–water partition coefficient (Wildman–Crippen LogP) is 3.11. The van der Waals surface area contributed by atoms with Crippen LogP contribution in [0.1, 0.15) is 6.92 Å². The van der Waals surface area contributed by atoms with Gasteiger partial charge in [0.25, 0.3) is 0 Å². The van der Waals surface area contributed by atoms with E-state index in [0.29, 0.717) is 9.80 Å². The molecule has 0 aliphatic heterocycles. The predicted molar refractivity (Wildman–Crippen MR) is 69.2 cm³/mol. The highest BCUT2D eigenvalue weighted by Crippen LogP contribution is 2.22. The minimum atomic E-state index is -3.39. The van der Waals surface area contributed by atoms with Crippen LogP contribution in [0.25, 0.3) is 0 Å². The quantitative estimate of drug-likeness (QED) is 0.803. The third-order valence-electron chi connectivity index (χ3n) is 2.60. The number of allylic oxidation sites excluding steroid dienone is 5. The van der Waals surface area contributed by atoms with Crippen LogP contribution in [-0.2, 0) is 9.84 Å². The van der Waals surface area contributed by atoms with Gasteiger partial charge in [-0.05, 0) is 30.2 Å². The average Bonchev–Trinajstić information content (AvgIpc) is 2.55. The number of sulfone groups is 1. The van der Waals surface area contributed by atoms with E-state index in [1.54, 1.807) is 48.6 Å². The molecule has 1 aliphatic rings. The summed E-state index contributed by atoms with van der Waals surface area (Å²) in [7, 11) is -3.39. The highest BCUT2D eigenvalue weighted by atomic mass is 32.2. The SMILES string of the molecule is C[C@H]1C=CC=C(S(=O)(=O)c2ccccc2)C=C1. The van der Waals surface area contributed by atoms with E-state index < -0.39 is 9.84 Å². The molecular formula is C14H14O2S. The maximum Gasteiger partial charge on any atom is 0.206 e. The van der Waals surface area contributed by atoms with Crippen molar-refractivity contribution in [3.63, 3.8) is 0 Å². The maximum absolute atomic E-state index is 12.3. The summed E-state index contributed by atoms with van der Waals surface area (Å²) in [4.78, 5) is 0.670. The third-order valence-corrected chi connectivity index (χ3v) is 4.39. The van der Waals surface area contributed by atoms with Gasteiger partial charge in [-0.3, -0.25) is 0 Å². The highest BCUT2D eigenvalue weighted by Gasteiger charge is 2.18. The number of hydrogen-bond donors (Lipinski definition) is 0. The van der Waals surface area contributed by atoms with Crippen LogP contribution >= 0.6 is 0 Å². The van der Waals surface area contributed by atoms with Crippen molar-refractivity contribution in [2.24, 2.45) is 5.92 Å². The van der Waals surface area contributed by atoms with Gasteiger partial charge in [0.1, 0.15) is 0 Å². The summed E-state index contributed by atoms with van der Waals surface area (Å²) >= 11 is 0.